The van der Waals surface area contributed by atoms with Crippen molar-refractivity contribution in [2.45, 2.75) is 32.7 Å². The Balaban J connectivity index is 1.36. The van der Waals surface area contributed by atoms with Gasteiger partial charge in [0.2, 0.25) is 0 Å². The Morgan fingerprint density at radius 3 is 2.22 bits per heavy atom. The highest BCUT2D eigenvalue weighted by molar-refractivity contribution is 6.00. The van der Waals surface area contributed by atoms with Crippen LogP contribution in [0.15, 0.2) is 85.1 Å². The first-order chi connectivity index (χ1) is 17.5. The molecule has 0 bridgehead atoms. The SMILES string of the molecule is Cc1ccc(-c2nn(-c3ccccc3)cc2C(=O)N2CCC(NC(=O)c3ccccc3)CC2)c(C)c1. The van der Waals surface area contributed by atoms with Crippen LogP contribution in [-0.2, 0) is 0 Å². The Morgan fingerprint density at radius 1 is 0.889 bits per heavy atom. The molecular weight excluding hydrogens is 448 g/mol. The Kier molecular flexibility index (Phi) is 6.67. The monoisotopic (exact) mass is 478 g/mol. The molecule has 1 aliphatic heterocycles. The van der Waals surface area contributed by atoms with Gasteiger partial charge in [0.05, 0.1) is 11.3 Å². The highest BCUT2D eigenvalue weighted by atomic mass is 16.2. The second-order valence-corrected chi connectivity index (χ2v) is 9.40. The van der Waals surface area contributed by atoms with Gasteiger partial charge in [0, 0.05) is 36.5 Å². The first-order valence-corrected chi connectivity index (χ1v) is 12.4. The van der Waals surface area contributed by atoms with Crippen molar-refractivity contribution in [1.29, 1.82) is 0 Å². The molecule has 182 valence electrons. The zero-order chi connectivity index (χ0) is 25.1. The quantitative estimate of drug-likeness (QED) is 0.429. The zero-order valence-corrected chi connectivity index (χ0v) is 20.6. The predicted molar refractivity (Wildman–Crippen MR) is 141 cm³/mol. The van der Waals surface area contributed by atoms with Crippen molar-refractivity contribution in [3.05, 3.63) is 107 Å². The highest BCUT2D eigenvalue weighted by Gasteiger charge is 2.28. The number of hydrogen-bond donors (Lipinski definition) is 1. The van der Waals surface area contributed by atoms with Gasteiger partial charge in [-0.2, -0.15) is 5.10 Å². The molecule has 0 atom stereocenters. The van der Waals surface area contributed by atoms with Crippen LogP contribution in [0.5, 0.6) is 0 Å². The van der Waals surface area contributed by atoms with Crippen molar-refractivity contribution in [2.75, 3.05) is 13.1 Å². The number of nitrogens with one attached hydrogen (secondary N) is 1. The van der Waals surface area contributed by atoms with Crippen LogP contribution in [0, 0.1) is 13.8 Å². The molecule has 0 spiro atoms. The summed E-state index contributed by atoms with van der Waals surface area (Å²) in [5.74, 6) is -0.0957. The van der Waals surface area contributed by atoms with Crippen molar-refractivity contribution in [1.82, 2.24) is 20.0 Å². The summed E-state index contributed by atoms with van der Waals surface area (Å²) >= 11 is 0. The van der Waals surface area contributed by atoms with Crippen LogP contribution in [0.1, 0.15) is 44.7 Å². The maximum atomic E-state index is 13.8. The smallest absolute Gasteiger partial charge is 0.257 e. The molecule has 1 fully saturated rings. The van der Waals surface area contributed by atoms with Gasteiger partial charge in [-0.3, -0.25) is 9.59 Å². The standard InChI is InChI=1S/C30H30N4O2/c1-21-13-14-26(22(2)19-21)28-27(20-34(32-28)25-11-7-4-8-12-25)30(36)33-17-15-24(16-18-33)31-29(35)23-9-5-3-6-10-23/h3-14,19-20,24H,15-18H2,1-2H3,(H,31,35). The number of piperidine rings is 1. The Labute approximate surface area is 211 Å². The van der Waals surface area contributed by atoms with E-state index in [1.54, 1.807) is 4.68 Å². The van der Waals surface area contributed by atoms with Crippen LogP contribution in [0.3, 0.4) is 0 Å². The van der Waals surface area contributed by atoms with Gasteiger partial charge in [-0.15, -0.1) is 0 Å². The molecular formula is C30H30N4O2. The number of aromatic nitrogens is 2. The normalized spacial score (nSPS) is 14.0. The molecule has 1 saturated heterocycles. The second-order valence-electron chi connectivity index (χ2n) is 9.40. The van der Waals surface area contributed by atoms with Crippen LogP contribution in [0.2, 0.25) is 0 Å². The largest absolute Gasteiger partial charge is 0.349 e. The van der Waals surface area contributed by atoms with E-state index in [9.17, 15) is 9.59 Å². The summed E-state index contributed by atoms with van der Waals surface area (Å²) in [7, 11) is 0. The molecule has 0 saturated carbocycles. The number of amides is 2. The van der Waals surface area contributed by atoms with Crippen LogP contribution in [-0.4, -0.2) is 45.6 Å². The molecule has 1 aromatic heterocycles. The number of carbonyl (C=O) groups is 2. The van der Waals surface area contributed by atoms with Gasteiger partial charge in [-0.05, 0) is 56.5 Å². The van der Waals surface area contributed by atoms with Crippen molar-refractivity contribution < 1.29 is 9.59 Å². The Hall–Kier alpha value is -4.19. The number of para-hydroxylation sites is 1. The summed E-state index contributed by atoms with van der Waals surface area (Å²) in [5, 5.41) is 7.97. The van der Waals surface area contributed by atoms with E-state index >= 15 is 0 Å². The minimum Gasteiger partial charge on any atom is -0.349 e. The lowest BCUT2D eigenvalue weighted by atomic mass is 9.99. The molecule has 2 heterocycles. The first-order valence-electron chi connectivity index (χ1n) is 12.4. The van der Waals surface area contributed by atoms with Crippen molar-refractivity contribution in [3.8, 4) is 16.9 Å². The number of nitrogens with zero attached hydrogens (tertiary/aromatic N) is 3. The van der Waals surface area contributed by atoms with Crippen LogP contribution in [0.4, 0.5) is 0 Å². The predicted octanol–water partition coefficient (Wildman–Crippen LogP) is 5.19. The number of benzene rings is 3. The van der Waals surface area contributed by atoms with E-state index in [1.165, 1.54) is 5.56 Å². The third kappa shape index (κ3) is 4.93. The van der Waals surface area contributed by atoms with Crippen molar-refractivity contribution in [2.24, 2.45) is 0 Å². The van der Waals surface area contributed by atoms with E-state index in [0.29, 0.717) is 29.9 Å². The topological polar surface area (TPSA) is 67.2 Å². The molecule has 1 aliphatic rings. The molecule has 0 unspecified atom stereocenters. The number of likely N-dealkylation sites (tertiary alicyclic amines) is 1. The van der Waals surface area contributed by atoms with Crippen molar-refractivity contribution in [3.63, 3.8) is 0 Å². The average molecular weight is 479 g/mol. The third-order valence-corrected chi connectivity index (χ3v) is 6.76. The summed E-state index contributed by atoms with van der Waals surface area (Å²) in [5.41, 5.74) is 6.07. The van der Waals surface area contributed by atoms with E-state index in [2.05, 4.69) is 31.3 Å². The lowest BCUT2D eigenvalue weighted by Crippen LogP contribution is -2.46. The molecule has 1 N–H and O–H groups in total. The van der Waals surface area contributed by atoms with Gasteiger partial charge in [0.15, 0.2) is 0 Å². The fourth-order valence-corrected chi connectivity index (χ4v) is 4.78. The number of carbonyl (C=O) groups excluding carboxylic acids is 2. The minimum atomic E-state index is -0.0679. The van der Waals surface area contributed by atoms with E-state index in [0.717, 1.165) is 29.7 Å². The molecule has 6 heteroatoms. The lowest BCUT2D eigenvalue weighted by molar-refractivity contribution is 0.0699. The van der Waals surface area contributed by atoms with E-state index in [4.69, 9.17) is 5.10 Å². The number of rotatable bonds is 5. The molecule has 5 rings (SSSR count). The molecule has 2 amide bonds. The number of aryl methyl sites for hydroxylation is 2. The minimum absolute atomic E-state index is 0.0278. The first kappa shape index (κ1) is 23.5. The molecule has 4 aromatic rings. The molecule has 6 nitrogen and oxygen atoms in total. The van der Waals surface area contributed by atoms with Gasteiger partial charge in [-0.25, -0.2) is 4.68 Å². The molecule has 3 aromatic carbocycles. The average Bonchev–Trinajstić information content (AvgIpc) is 3.35. The van der Waals surface area contributed by atoms with Gasteiger partial charge < -0.3 is 10.2 Å². The summed E-state index contributed by atoms with van der Waals surface area (Å²) in [6, 6.07) is 25.4. The van der Waals surface area contributed by atoms with Gasteiger partial charge in [0.25, 0.3) is 11.8 Å². The van der Waals surface area contributed by atoms with E-state index < -0.39 is 0 Å². The molecule has 0 radical (unpaired) electrons. The highest BCUT2D eigenvalue weighted by Crippen LogP contribution is 2.29. The fraction of sp³-hybridized carbons (Fsp3) is 0.233. The van der Waals surface area contributed by atoms with Gasteiger partial charge >= 0.3 is 0 Å². The van der Waals surface area contributed by atoms with Crippen LogP contribution < -0.4 is 5.32 Å². The van der Waals surface area contributed by atoms with E-state index in [-0.39, 0.29) is 17.9 Å². The second kappa shape index (κ2) is 10.2. The van der Waals surface area contributed by atoms with E-state index in [1.807, 2.05) is 77.8 Å². The molecule has 36 heavy (non-hydrogen) atoms. The van der Waals surface area contributed by atoms with Gasteiger partial charge in [-0.1, -0.05) is 60.2 Å². The lowest BCUT2D eigenvalue weighted by Gasteiger charge is -2.32. The van der Waals surface area contributed by atoms with Crippen LogP contribution in [0.25, 0.3) is 16.9 Å². The summed E-state index contributed by atoms with van der Waals surface area (Å²) < 4.78 is 1.79. The zero-order valence-electron chi connectivity index (χ0n) is 20.6. The summed E-state index contributed by atoms with van der Waals surface area (Å²) in [6.45, 7) is 5.29. The maximum absolute atomic E-state index is 13.8. The fourth-order valence-electron chi connectivity index (χ4n) is 4.78. The third-order valence-electron chi connectivity index (χ3n) is 6.76. The summed E-state index contributed by atoms with van der Waals surface area (Å²) in [6.07, 6.45) is 3.28. The Bertz CT molecular complexity index is 1370. The van der Waals surface area contributed by atoms with Crippen LogP contribution >= 0.6 is 0 Å². The number of hydrogen-bond acceptors (Lipinski definition) is 3. The van der Waals surface area contributed by atoms with Crippen molar-refractivity contribution >= 4 is 11.8 Å². The molecule has 0 aliphatic carbocycles. The van der Waals surface area contributed by atoms with Gasteiger partial charge in [0.1, 0.15) is 5.69 Å². The maximum Gasteiger partial charge on any atom is 0.257 e. The summed E-state index contributed by atoms with van der Waals surface area (Å²) in [4.78, 5) is 28.2. The Morgan fingerprint density at radius 2 is 1.56 bits per heavy atom.